The summed E-state index contributed by atoms with van der Waals surface area (Å²) in [7, 11) is 0. The standard InChI is InChI=1S/C9H7BrClNO/c10-9-5-8(13-12-9)6-1-3-7(11)4-2-6/h1-5,8,12H/t8-/m0/s1. The molecular formula is C9H7BrClNO. The van der Waals surface area contributed by atoms with Gasteiger partial charge in [-0.1, -0.05) is 23.7 Å². The summed E-state index contributed by atoms with van der Waals surface area (Å²) in [5.41, 5.74) is 3.80. The first-order valence-corrected chi connectivity index (χ1v) is 4.97. The van der Waals surface area contributed by atoms with Gasteiger partial charge in [-0.2, -0.15) is 0 Å². The van der Waals surface area contributed by atoms with Crippen LogP contribution in [0.25, 0.3) is 0 Å². The van der Waals surface area contributed by atoms with Crippen LogP contribution in [0, 0.1) is 0 Å². The van der Waals surface area contributed by atoms with E-state index in [0.717, 1.165) is 15.2 Å². The van der Waals surface area contributed by atoms with Crippen molar-refractivity contribution in [3.8, 4) is 0 Å². The van der Waals surface area contributed by atoms with Gasteiger partial charge in [0.2, 0.25) is 0 Å². The second-order valence-electron chi connectivity index (χ2n) is 2.71. The van der Waals surface area contributed by atoms with E-state index in [1.165, 1.54) is 0 Å². The smallest absolute Gasteiger partial charge is 0.131 e. The van der Waals surface area contributed by atoms with Crippen molar-refractivity contribution in [3.63, 3.8) is 0 Å². The molecule has 0 bridgehead atoms. The van der Waals surface area contributed by atoms with Gasteiger partial charge in [-0.15, -0.1) is 0 Å². The Bertz CT molecular complexity index is 336. The van der Waals surface area contributed by atoms with Crippen molar-refractivity contribution in [2.75, 3.05) is 0 Å². The zero-order valence-electron chi connectivity index (χ0n) is 6.63. The highest BCUT2D eigenvalue weighted by Gasteiger charge is 2.16. The van der Waals surface area contributed by atoms with E-state index < -0.39 is 0 Å². The molecule has 1 N–H and O–H groups in total. The second-order valence-corrected chi connectivity index (χ2v) is 4.00. The van der Waals surface area contributed by atoms with E-state index in [1.54, 1.807) is 0 Å². The highest BCUT2D eigenvalue weighted by atomic mass is 79.9. The molecule has 1 atom stereocenters. The molecule has 1 aromatic rings. The molecule has 68 valence electrons. The summed E-state index contributed by atoms with van der Waals surface area (Å²) in [6, 6.07) is 7.58. The van der Waals surface area contributed by atoms with Gasteiger partial charge in [0.05, 0.1) is 0 Å². The monoisotopic (exact) mass is 259 g/mol. The van der Waals surface area contributed by atoms with Gasteiger partial charge in [0.1, 0.15) is 10.7 Å². The summed E-state index contributed by atoms with van der Waals surface area (Å²) < 4.78 is 0.854. The van der Waals surface area contributed by atoms with E-state index in [4.69, 9.17) is 16.4 Å². The molecule has 1 aliphatic rings. The van der Waals surface area contributed by atoms with E-state index >= 15 is 0 Å². The van der Waals surface area contributed by atoms with Crippen molar-refractivity contribution in [1.29, 1.82) is 0 Å². The number of rotatable bonds is 1. The first kappa shape index (κ1) is 9.06. The molecule has 1 heterocycles. The summed E-state index contributed by atoms with van der Waals surface area (Å²) in [4.78, 5) is 5.26. The minimum Gasteiger partial charge on any atom is -0.263 e. The number of hydrogen-bond donors (Lipinski definition) is 1. The van der Waals surface area contributed by atoms with Crippen molar-refractivity contribution in [2.45, 2.75) is 6.10 Å². The molecule has 0 aliphatic carbocycles. The quantitative estimate of drug-likeness (QED) is 0.783. The second kappa shape index (κ2) is 3.70. The third-order valence-corrected chi connectivity index (χ3v) is 2.46. The minimum atomic E-state index is -0.0355. The van der Waals surface area contributed by atoms with E-state index in [9.17, 15) is 0 Å². The number of benzene rings is 1. The van der Waals surface area contributed by atoms with Crippen molar-refractivity contribution in [3.05, 3.63) is 45.5 Å². The molecule has 2 rings (SSSR count). The molecule has 0 fully saturated rings. The van der Waals surface area contributed by atoms with Gasteiger partial charge in [0, 0.05) is 5.02 Å². The molecule has 2 nitrogen and oxygen atoms in total. The van der Waals surface area contributed by atoms with Crippen LogP contribution >= 0.6 is 27.5 Å². The van der Waals surface area contributed by atoms with Crippen molar-refractivity contribution in [2.24, 2.45) is 0 Å². The Hall–Kier alpha value is -0.510. The van der Waals surface area contributed by atoms with Gasteiger partial charge >= 0.3 is 0 Å². The summed E-state index contributed by atoms with van der Waals surface area (Å²) in [6.45, 7) is 0. The zero-order valence-corrected chi connectivity index (χ0v) is 8.97. The SMILES string of the molecule is Clc1ccc([C@@H]2C=C(Br)NO2)cc1. The Kier molecular flexibility index (Phi) is 2.58. The average molecular weight is 261 g/mol. The Morgan fingerprint density at radius 3 is 2.54 bits per heavy atom. The predicted molar refractivity (Wildman–Crippen MR) is 55.4 cm³/mol. The van der Waals surface area contributed by atoms with Crippen LogP contribution in [0.15, 0.2) is 34.9 Å². The van der Waals surface area contributed by atoms with Crippen LogP contribution in [0.5, 0.6) is 0 Å². The minimum absolute atomic E-state index is 0.0355. The molecule has 0 saturated carbocycles. The van der Waals surface area contributed by atoms with Crippen LogP contribution < -0.4 is 5.48 Å². The van der Waals surface area contributed by atoms with Gasteiger partial charge in [0.25, 0.3) is 0 Å². The van der Waals surface area contributed by atoms with E-state index in [2.05, 4.69) is 21.4 Å². The Morgan fingerprint density at radius 1 is 1.31 bits per heavy atom. The molecule has 0 aromatic heterocycles. The van der Waals surface area contributed by atoms with Crippen LogP contribution in [-0.2, 0) is 4.84 Å². The summed E-state index contributed by atoms with van der Waals surface area (Å²) in [5.74, 6) is 0. The number of hydroxylamine groups is 1. The zero-order chi connectivity index (χ0) is 9.26. The molecule has 13 heavy (non-hydrogen) atoms. The lowest BCUT2D eigenvalue weighted by atomic mass is 10.1. The van der Waals surface area contributed by atoms with Crippen molar-refractivity contribution < 1.29 is 4.84 Å². The van der Waals surface area contributed by atoms with Crippen LogP contribution in [0.4, 0.5) is 0 Å². The Morgan fingerprint density at radius 2 is 2.00 bits per heavy atom. The van der Waals surface area contributed by atoms with E-state index in [-0.39, 0.29) is 6.10 Å². The van der Waals surface area contributed by atoms with Crippen molar-refractivity contribution >= 4 is 27.5 Å². The van der Waals surface area contributed by atoms with Gasteiger partial charge in [-0.05, 0) is 39.7 Å². The molecule has 1 aromatic carbocycles. The molecule has 0 radical (unpaired) electrons. The average Bonchev–Trinajstić information content (AvgIpc) is 2.53. The third kappa shape index (κ3) is 2.05. The molecule has 0 saturated heterocycles. The van der Waals surface area contributed by atoms with Crippen molar-refractivity contribution in [1.82, 2.24) is 5.48 Å². The Labute approximate surface area is 89.6 Å². The number of halogens is 2. The highest BCUT2D eigenvalue weighted by Crippen LogP contribution is 2.26. The fourth-order valence-electron chi connectivity index (χ4n) is 1.14. The summed E-state index contributed by atoms with van der Waals surface area (Å²) in [6.07, 6.45) is 1.91. The van der Waals surface area contributed by atoms with Crippen LogP contribution in [0.1, 0.15) is 11.7 Å². The maximum absolute atomic E-state index is 5.77. The van der Waals surface area contributed by atoms with Crippen LogP contribution in [0.3, 0.4) is 0 Å². The Balaban J connectivity index is 2.22. The number of hydrogen-bond acceptors (Lipinski definition) is 2. The van der Waals surface area contributed by atoms with Gasteiger partial charge < -0.3 is 0 Å². The van der Waals surface area contributed by atoms with Crippen LogP contribution in [0.2, 0.25) is 5.02 Å². The fourth-order valence-corrected chi connectivity index (χ4v) is 1.60. The van der Waals surface area contributed by atoms with Gasteiger partial charge in [0.15, 0.2) is 0 Å². The third-order valence-electron chi connectivity index (χ3n) is 1.78. The molecule has 4 heteroatoms. The normalized spacial score (nSPS) is 21.1. The topological polar surface area (TPSA) is 21.3 Å². The highest BCUT2D eigenvalue weighted by molar-refractivity contribution is 9.11. The lowest BCUT2D eigenvalue weighted by Crippen LogP contribution is -2.04. The summed E-state index contributed by atoms with van der Waals surface area (Å²) in [5, 5.41) is 0.734. The summed E-state index contributed by atoms with van der Waals surface area (Å²) >= 11 is 9.06. The lowest BCUT2D eigenvalue weighted by molar-refractivity contribution is 0.0458. The fraction of sp³-hybridized carbons (Fsp3) is 0.111. The van der Waals surface area contributed by atoms with E-state index in [0.29, 0.717) is 0 Å². The van der Waals surface area contributed by atoms with E-state index in [1.807, 2.05) is 30.3 Å². The first-order valence-electron chi connectivity index (χ1n) is 3.80. The molecule has 0 amide bonds. The number of nitrogens with one attached hydrogen (secondary N) is 1. The molecule has 0 spiro atoms. The molecule has 1 aliphatic heterocycles. The van der Waals surface area contributed by atoms with Gasteiger partial charge in [-0.25, -0.2) is 0 Å². The van der Waals surface area contributed by atoms with Crippen LogP contribution in [-0.4, -0.2) is 0 Å². The first-order chi connectivity index (χ1) is 6.25. The largest absolute Gasteiger partial charge is 0.263 e. The maximum atomic E-state index is 5.77. The molecule has 0 unspecified atom stereocenters. The maximum Gasteiger partial charge on any atom is 0.131 e. The molecular weight excluding hydrogens is 253 g/mol. The predicted octanol–water partition coefficient (Wildman–Crippen LogP) is 3.15. The lowest BCUT2D eigenvalue weighted by Gasteiger charge is -2.06. The van der Waals surface area contributed by atoms with Gasteiger partial charge in [-0.3, -0.25) is 10.3 Å².